The van der Waals surface area contributed by atoms with Gasteiger partial charge in [-0.15, -0.1) is 0 Å². The summed E-state index contributed by atoms with van der Waals surface area (Å²) in [6.45, 7) is 5.38. The van der Waals surface area contributed by atoms with Crippen LogP contribution in [-0.2, 0) is 9.53 Å². The number of furan rings is 1. The standard InChI is InChI=1S/C29H25N3O7S/c1-5-38-28(34)25-17(3)30-29-31(26(25)18-7-9-19(37-4)10-8-18)27(33)24(40-29)15-20-11-13-23(39-20)21-12-6-16(2)14-22(21)32(35)36/h6-15,26H,5H2,1-4H3. The summed E-state index contributed by atoms with van der Waals surface area (Å²) in [5.41, 5.74) is 2.09. The minimum absolute atomic E-state index is 0.0678. The van der Waals surface area contributed by atoms with Crippen molar-refractivity contribution >= 4 is 29.1 Å². The minimum atomic E-state index is -0.759. The van der Waals surface area contributed by atoms with E-state index < -0.39 is 16.9 Å². The van der Waals surface area contributed by atoms with Crippen molar-refractivity contribution in [3.8, 4) is 17.1 Å². The predicted octanol–water partition coefficient (Wildman–Crippen LogP) is 4.28. The molecule has 11 heteroatoms. The average Bonchev–Trinajstić information content (AvgIpc) is 3.52. The van der Waals surface area contributed by atoms with Crippen molar-refractivity contribution in [3.05, 3.63) is 113 Å². The van der Waals surface area contributed by atoms with Crippen molar-refractivity contribution in [2.75, 3.05) is 13.7 Å². The summed E-state index contributed by atoms with van der Waals surface area (Å²) in [6, 6.07) is 14.5. The third-order valence-corrected chi connectivity index (χ3v) is 7.45. The number of nitro groups is 1. The highest BCUT2D eigenvalue weighted by Crippen LogP contribution is 2.33. The molecule has 4 aromatic rings. The van der Waals surface area contributed by atoms with Crippen molar-refractivity contribution in [1.29, 1.82) is 0 Å². The van der Waals surface area contributed by atoms with E-state index in [0.717, 1.165) is 16.9 Å². The van der Waals surface area contributed by atoms with Crippen molar-refractivity contribution in [3.63, 3.8) is 0 Å². The molecule has 0 saturated heterocycles. The second-order valence-electron chi connectivity index (χ2n) is 9.06. The number of hydrogen-bond donors (Lipinski definition) is 0. The van der Waals surface area contributed by atoms with Crippen LogP contribution >= 0.6 is 11.3 Å². The highest BCUT2D eigenvalue weighted by molar-refractivity contribution is 7.07. The van der Waals surface area contributed by atoms with Gasteiger partial charge in [0.05, 0.1) is 46.0 Å². The molecule has 0 N–H and O–H groups in total. The third-order valence-electron chi connectivity index (χ3n) is 6.46. The lowest BCUT2D eigenvalue weighted by molar-refractivity contribution is -0.384. The number of hydrogen-bond acceptors (Lipinski definition) is 9. The fraction of sp³-hybridized carbons (Fsp3) is 0.207. The molecule has 0 bridgehead atoms. The Kier molecular flexibility index (Phi) is 7.22. The second kappa shape index (κ2) is 10.8. The number of allylic oxidation sites excluding steroid dienone is 1. The first-order valence-electron chi connectivity index (χ1n) is 12.4. The van der Waals surface area contributed by atoms with E-state index in [0.29, 0.717) is 43.4 Å². The molecule has 40 heavy (non-hydrogen) atoms. The molecule has 1 aliphatic rings. The van der Waals surface area contributed by atoms with Gasteiger partial charge in [0, 0.05) is 12.1 Å². The lowest BCUT2D eigenvalue weighted by atomic mass is 9.96. The Morgan fingerprint density at radius 1 is 1.18 bits per heavy atom. The van der Waals surface area contributed by atoms with Crippen LogP contribution in [0.4, 0.5) is 5.69 Å². The fourth-order valence-electron chi connectivity index (χ4n) is 4.60. The van der Waals surface area contributed by atoms with Crippen molar-refractivity contribution in [2.24, 2.45) is 4.99 Å². The maximum Gasteiger partial charge on any atom is 0.338 e. The average molecular weight is 560 g/mol. The smallest absolute Gasteiger partial charge is 0.338 e. The first-order chi connectivity index (χ1) is 19.2. The van der Waals surface area contributed by atoms with Gasteiger partial charge in [-0.3, -0.25) is 19.5 Å². The number of esters is 1. The van der Waals surface area contributed by atoms with Crippen LogP contribution in [0, 0.1) is 17.0 Å². The van der Waals surface area contributed by atoms with E-state index in [2.05, 4.69) is 4.99 Å². The van der Waals surface area contributed by atoms with E-state index in [4.69, 9.17) is 13.9 Å². The molecule has 0 aliphatic carbocycles. The summed E-state index contributed by atoms with van der Waals surface area (Å²) in [7, 11) is 1.56. The second-order valence-corrected chi connectivity index (χ2v) is 10.1. The number of nitrogens with zero attached hydrogens (tertiary/aromatic N) is 3. The molecule has 3 heterocycles. The van der Waals surface area contributed by atoms with Crippen LogP contribution < -0.4 is 19.6 Å². The highest BCUT2D eigenvalue weighted by atomic mass is 32.1. The SMILES string of the molecule is CCOC(=O)C1=C(C)N=c2sc(=Cc3ccc(-c4ccc(C)cc4[N+](=O)[O-])o3)c(=O)n2C1c1ccc(OC)cc1. The molecule has 2 aromatic heterocycles. The van der Waals surface area contributed by atoms with Gasteiger partial charge >= 0.3 is 5.97 Å². The summed E-state index contributed by atoms with van der Waals surface area (Å²) in [6.07, 6.45) is 1.57. The van der Waals surface area contributed by atoms with Gasteiger partial charge in [0.25, 0.3) is 11.2 Å². The van der Waals surface area contributed by atoms with Crippen LogP contribution in [0.1, 0.15) is 36.8 Å². The Bertz CT molecular complexity index is 1850. The summed E-state index contributed by atoms with van der Waals surface area (Å²) in [4.78, 5) is 42.9. The number of carbonyl (C=O) groups excluding carboxylic acids is 1. The van der Waals surface area contributed by atoms with Gasteiger partial charge in [-0.1, -0.05) is 29.5 Å². The minimum Gasteiger partial charge on any atom is -0.497 e. The molecule has 1 aliphatic heterocycles. The van der Waals surface area contributed by atoms with E-state index in [9.17, 15) is 19.7 Å². The number of rotatable bonds is 7. The summed E-state index contributed by atoms with van der Waals surface area (Å²) < 4.78 is 18.3. The lowest BCUT2D eigenvalue weighted by Gasteiger charge is -2.24. The van der Waals surface area contributed by atoms with Gasteiger partial charge in [0.2, 0.25) is 0 Å². The Labute approximate surface area is 232 Å². The molecule has 10 nitrogen and oxygen atoms in total. The molecular weight excluding hydrogens is 534 g/mol. The molecule has 0 saturated carbocycles. The van der Waals surface area contributed by atoms with E-state index in [1.54, 1.807) is 82.5 Å². The summed E-state index contributed by atoms with van der Waals surface area (Å²) in [5.74, 6) is 0.742. The molecular formula is C29H25N3O7S. The third kappa shape index (κ3) is 4.87. The van der Waals surface area contributed by atoms with Gasteiger partial charge in [0.15, 0.2) is 4.80 Å². The van der Waals surface area contributed by atoms with Crippen molar-refractivity contribution in [1.82, 2.24) is 4.57 Å². The number of methoxy groups -OCH3 is 1. The van der Waals surface area contributed by atoms with Crippen LogP contribution in [0.25, 0.3) is 17.4 Å². The number of aromatic nitrogens is 1. The maximum atomic E-state index is 13.8. The number of benzene rings is 2. The molecule has 1 unspecified atom stereocenters. The van der Waals surface area contributed by atoms with Crippen LogP contribution in [-0.4, -0.2) is 29.2 Å². The summed E-state index contributed by atoms with van der Waals surface area (Å²) >= 11 is 1.16. The van der Waals surface area contributed by atoms with E-state index in [1.165, 1.54) is 10.6 Å². The largest absolute Gasteiger partial charge is 0.497 e. The van der Waals surface area contributed by atoms with Gasteiger partial charge < -0.3 is 13.9 Å². The van der Waals surface area contributed by atoms with Gasteiger partial charge in [0.1, 0.15) is 17.3 Å². The molecule has 0 spiro atoms. The van der Waals surface area contributed by atoms with Gasteiger partial charge in [-0.2, -0.15) is 0 Å². The zero-order valence-corrected chi connectivity index (χ0v) is 23.0. The Balaban J connectivity index is 1.63. The fourth-order valence-corrected chi connectivity index (χ4v) is 5.63. The number of thiazole rings is 1. The van der Waals surface area contributed by atoms with E-state index in [1.807, 2.05) is 0 Å². The molecule has 204 valence electrons. The molecule has 0 amide bonds. The van der Waals surface area contributed by atoms with Crippen LogP contribution in [0.15, 0.2) is 80.1 Å². The van der Waals surface area contributed by atoms with Crippen LogP contribution in [0.3, 0.4) is 0 Å². The Hall–Kier alpha value is -4.77. The molecule has 0 radical (unpaired) electrons. The lowest BCUT2D eigenvalue weighted by Crippen LogP contribution is -2.39. The van der Waals surface area contributed by atoms with Crippen LogP contribution in [0.2, 0.25) is 0 Å². The Morgan fingerprint density at radius 3 is 2.60 bits per heavy atom. The monoisotopic (exact) mass is 559 g/mol. The van der Waals surface area contributed by atoms with Crippen molar-refractivity contribution in [2.45, 2.75) is 26.8 Å². The van der Waals surface area contributed by atoms with E-state index >= 15 is 0 Å². The number of fused-ring (bicyclic) bond motifs is 1. The first-order valence-corrected chi connectivity index (χ1v) is 13.2. The Morgan fingerprint density at radius 2 is 1.93 bits per heavy atom. The predicted molar refractivity (Wildman–Crippen MR) is 149 cm³/mol. The van der Waals surface area contributed by atoms with E-state index in [-0.39, 0.29) is 23.4 Å². The molecule has 1 atom stereocenters. The molecule has 5 rings (SSSR count). The zero-order chi connectivity index (χ0) is 28.6. The van der Waals surface area contributed by atoms with Crippen molar-refractivity contribution < 1.29 is 23.6 Å². The molecule has 0 fully saturated rings. The van der Waals surface area contributed by atoms with Crippen LogP contribution in [0.5, 0.6) is 5.75 Å². The number of aryl methyl sites for hydroxylation is 1. The highest BCUT2D eigenvalue weighted by Gasteiger charge is 2.33. The zero-order valence-electron chi connectivity index (χ0n) is 22.2. The molecule has 2 aromatic carbocycles. The van der Waals surface area contributed by atoms with Gasteiger partial charge in [-0.05, 0) is 62.2 Å². The summed E-state index contributed by atoms with van der Waals surface area (Å²) in [5, 5.41) is 11.6. The normalized spacial score (nSPS) is 15.0. The van der Waals surface area contributed by atoms with Gasteiger partial charge in [-0.25, -0.2) is 9.79 Å². The topological polar surface area (TPSA) is 126 Å². The number of carbonyl (C=O) groups is 1. The number of ether oxygens (including phenoxy) is 2. The first kappa shape index (κ1) is 26.8. The number of nitro benzene ring substituents is 1. The maximum absolute atomic E-state index is 13.8. The quantitative estimate of drug-likeness (QED) is 0.188.